The lowest BCUT2D eigenvalue weighted by Crippen LogP contribution is -2.42. The Bertz CT molecular complexity index is 9050. The number of rotatable bonds is 39. The molecule has 12 aromatic rings. The van der Waals surface area contributed by atoms with Gasteiger partial charge >= 0.3 is 18.5 Å². The third-order valence-corrected chi connectivity index (χ3v) is 24.4. The first kappa shape index (κ1) is 62.2. The SMILES string of the molecule is [2H]C([2H])(C)N(C([2H])([2H])C)C([2H])([2H])C([2H])([2H])N(C(=O)Cn1c(SCc2ccc(F)cc2)nc(=O)c2c1C([2H])([2H])C([2H])(C)C2([2H])[2H])C([2H])([2H])c1ccc(-c2ccc(C(F)(F)F)cc2)cc1.[2H]C([2H])(C)N(C([2H])([2H])C)C([2H])([2H])C([2H])([2H])N(C(=O)Cn1c(SCc2ccc(F)cc2)nc(=O)c2c1CCC2)C([2H])(C)c1ccc(-c2ccc(C(F)(F)F)cc2)cc1.[2H]c1c([2H])c(CSc2nc(=O)c3c(n2CC(=O)N(C([2H])([2H])c2c([2H])c([2H])c(-c4c([2H])c([2H])c(C(F)(F)F)c([2H])c4[2H])c([2H])c2[2H])C([2H])([2H])C([2H])([2H])N(CC)CC)C([2H])([2H])C([2H])(C)C3([2H])[2H])c([2H])c([2H])c1F. The topological polar surface area (TPSA) is 175 Å². The van der Waals surface area contributed by atoms with Crippen molar-refractivity contribution in [1.29, 1.82) is 0 Å². The van der Waals surface area contributed by atoms with Gasteiger partial charge in [-0.3, -0.25) is 28.8 Å². The number of nitrogens with zero attached hydrogens (tertiary/aromatic N) is 12. The predicted octanol–water partition coefficient (Wildman–Crippen LogP) is 22.7. The first-order chi connectivity index (χ1) is 86.7. The molecule has 0 fully saturated rings. The zero-order valence-corrected chi connectivity index (χ0v) is 80.2. The molecule has 3 amide bonds. The third kappa shape index (κ3) is 29.3. The van der Waals surface area contributed by atoms with Gasteiger partial charge in [0.2, 0.25) is 17.7 Å². The van der Waals surface area contributed by atoms with E-state index in [0.717, 1.165) is 112 Å². The number of fused-ring (bicyclic) bond motifs is 3. The Morgan fingerprint density at radius 3 is 1.17 bits per heavy atom. The van der Waals surface area contributed by atoms with Gasteiger partial charge in [-0.2, -0.15) is 54.5 Å². The van der Waals surface area contributed by atoms with Crippen LogP contribution in [0, 0.1) is 29.2 Å². The number of carbonyl (C=O) groups is 3. The van der Waals surface area contributed by atoms with E-state index in [2.05, 4.69) is 15.0 Å². The molecule has 15 rings (SSSR count). The van der Waals surface area contributed by atoms with E-state index in [1.54, 1.807) is 0 Å². The molecular formula is C111H120F12N12O6S3. The fourth-order valence-corrected chi connectivity index (χ4v) is 16.7. The molecule has 9 aromatic carbocycles. The maximum Gasteiger partial charge on any atom is 0.416 e. The molecule has 0 saturated carbocycles. The molecule has 3 aromatic heterocycles. The van der Waals surface area contributed by atoms with Gasteiger partial charge in [-0.05, 0) is 242 Å². The Morgan fingerprint density at radius 2 is 0.757 bits per heavy atom. The number of likely N-dealkylation sites (N-methyl/N-ethyl adjacent to an activating group) is 3. The van der Waals surface area contributed by atoms with Gasteiger partial charge < -0.3 is 43.1 Å². The van der Waals surface area contributed by atoms with Gasteiger partial charge in [-0.15, -0.1) is 0 Å². The summed E-state index contributed by atoms with van der Waals surface area (Å²) in [5, 5.41) is -1.36. The number of halogens is 12. The summed E-state index contributed by atoms with van der Waals surface area (Å²) in [6.45, 7) is -38.8. The van der Waals surface area contributed by atoms with Crippen LogP contribution >= 0.6 is 35.3 Å². The van der Waals surface area contributed by atoms with Crippen LogP contribution in [0.1, 0.15) is 223 Å². The summed E-state index contributed by atoms with van der Waals surface area (Å²) in [6.07, 6.45) is -26.3. The molecule has 3 unspecified atom stereocenters. The second kappa shape index (κ2) is 50.3. The Morgan fingerprint density at radius 1 is 0.403 bits per heavy atom. The van der Waals surface area contributed by atoms with Crippen molar-refractivity contribution in [3.63, 3.8) is 0 Å². The Balaban J connectivity index is 0.000000233. The number of aromatic nitrogens is 6. The number of thioether (sulfide) groups is 3. The molecule has 144 heavy (non-hydrogen) atoms. The number of amides is 3. The Kier molecular flexibility index (Phi) is 21.7. The lowest BCUT2D eigenvalue weighted by atomic mass is 9.99. The van der Waals surface area contributed by atoms with Gasteiger partial charge in [0.25, 0.3) is 16.7 Å². The second-order valence-corrected chi connectivity index (χ2v) is 33.8. The van der Waals surface area contributed by atoms with Gasteiger partial charge in [0.1, 0.15) is 37.1 Å². The average molecular weight is 2090 g/mol. The summed E-state index contributed by atoms with van der Waals surface area (Å²) in [5.41, 5.74) is -13.7. The van der Waals surface area contributed by atoms with Gasteiger partial charge in [0.15, 0.2) is 15.5 Å². The van der Waals surface area contributed by atoms with Crippen LogP contribution in [0.25, 0.3) is 33.4 Å². The van der Waals surface area contributed by atoms with Crippen LogP contribution in [-0.2, 0) is 121 Å². The Hall–Kier alpha value is -11.9. The maximum absolute atomic E-state index is 15.2. The first-order valence-corrected chi connectivity index (χ1v) is 46.4. The molecular weight excluding hydrogens is 1920 g/mol. The van der Waals surface area contributed by atoms with Crippen molar-refractivity contribution < 1.29 is 131 Å². The number of carbonyl (C=O) groups excluding carboxylic acids is 3. The normalized spacial score (nSPS) is 22.7. The van der Waals surface area contributed by atoms with Crippen LogP contribution in [0.5, 0.6) is 0 Å². The fourth-order valence-electron chi connectivity index (χ4n) is 13.9. The lowest BCUT2D eigenvalue weighted by Gasteiger charge is -2.33. The molecule has 3 aliphatic rings. The number of alkyl halides is 9. The Labute approximate surface area is 910 Å². The first-order valence-electron chi connectivity index (χ1n) is 67.0. The number of hydrogen-bond donors (Lipinski definition) is 0. The van der Waals surface area contributed by atoms with Gasteiger partial charge in [-0.25, -0.2) is 13.2 Å². The lowest BCUT2D eigenvalue weighted by molar-refractivity contribution is -0.138. The van der Waals surface area contributed by atoms with Crippen LogP contribution in [-0.4, -0.2) is 154 Å². The van der Waals surface area contributed by atoms with E-state index in [1.807, 2.05) is 0 Å². The molecule has 33 heteroatoms. The number of hydrogen-bond acceptors (Lipinski definition) is 15. The highest BCUT2D eigenvalue weighted by atomic mass is 32.2. The van der Waals surface area contributed by atoms with Crippen molar-refractivity contribution in [3.05, 3.63) is 350 Å². The van der Waals surface area contributed by atoms with Crippen LogP contribution in [0.3, 0.4) is 0 Å². The van der Waals surface area contributed by atoms with Crippen molar-refractivity contribution in [1.82, 2.24) is 58.1 Å². The van der Waals surface area contributed by atoms with Crippen LogP contribution < -0.4 is 16.7 Å². The van der Waals surface area contributed by atoms with E-state index in [9.17, 15) is 91.7 Å². The highest BCUT2D eigenvalue weighted by Crippen LogP contribution is 2.39. The predicted molar refractivity (Wildman–Crippen MR) is 544 cm³/mol. The zero-order chi connectivity index (χ0) is 145. The smallest absolute Gasteiger partial charge is 0.336 e. The van der Waals surface area contributed by atoms with E-state index < -0.39 is 372 Å². The van der Waals surface area contributed by atoms with Crippen molar-refractivity contribution >= 4 is 53.0 Å². The second-order valence-electron chi connectivity index (χ2n) is 31.0. The van der Waals surface area contributed by atoms with E-state index in [-0.39, 0.29) is 77.8 Å². The van der Waals surface area contributed by atoms with Crippen molar-refractivity contribution in [2.75, 3.05) is 78.1 Å². The summed E-state index contributed by atoms with van der Waals surface area (Å²) in [4.78, 5) is 97.3. The fraction of sp³-hybridized carbons (Fsp3) is 0.378. The van der Waals surface area contributed by atoms with E-state index >= 15 is 4.79 Å². The monoisotopic (exact) mass is 2090 g/mol. The summed E-state index contributed by atoms with van der Waals surface area (Å²) in [7, 11) is 0. The van der Waals surface area contributed by atoms with Crippen molar-refractivity contribution in [3.8, 4) is 33.4 Å². The minimum Gasteiger partial charge on any atom is -0.336 e. The molecule has 0 N–H and O–H groups in total. The molecule has 3 heterocycles. The van der Waals surface area contributed by atoms with Crippen molar-refractivity contribution in [2.45, 2.75) is 197 Å². The third-order valence-electron chi connectivity index (χ3n) is 21.3. The standard InChI is InChI=1S/3C37H40F4N4O2S/c2*1-4-43(5-2)18-19-44(22-26-6-10-28(11-7-26)29-12-14-30(15-13-29)37(39,40)41)34(46)23-45-33-21-25(3)20-32(33)35(47)42-36(45)48-24-27-8-16-31(38)17-9-27;1-4-43(5-2)21-22-44(25(3)27-11-13-28(14-12-27)29-15-17-30(18-16-29)37(39,40)41)34(46)23-45-33-8-6-7-32(33)35(47)42-36(45)48-24-26-9-19-31(38)20-10-26/h2*6-17,25H,4-5,18-24H2,1-3H3;9-20,25H,4-8,21-24H2,1-3H3/i6D,7D,8D,9D,10D,11D,12D,13D,14D,15D,16D,17D,18D2,19D2,20D2,21D2,22D2,25D;4D2,5D2,18D2,19D2,20D2,21D2,22D2,25D;4D2,5D2,21D2,22D2,25D. The maximum atomic E-state index is 15.2. The quantitative estimate of drug-likeness (QED) is 0.0202. The average Bonchev–Trinajstić information content (AvgIpc) is 1.52. The molecule has 3 atom stereocenters. The molecule has 0 saturated heterocycles. The van der Waals surface area contributed by atoms with E-state index in [4.69, 9.17) is 49.3 Å². The van der Waals surface area contributed by atoms with Crippen molar-refractivity contribution in [2.24, 2.45) is 11.8 Å². The highest BCUT2D eigenvalue weighted by molar-refractivity contribution is 7.98. The van der Waals surface area contributed by atoms with Gasteiger partial charge in [0.05, 0.1) is 54.2 Å². The summed E-state index contributed by atoms with van der Waals surface area (Å²) in [6, 6.07) is 9.38. The van der Waals surface area contributed by atoms with E-state index in [1.165, 1.54) is 103 Å². The molecule has 18 nitrogen and oxygen atoms in total. The van der Waals surface area contributed by atoms with Gasteiger partial charge in [0, 0.05) is 136 Å². The number of benzene rings is 9. The highest BCUT2D eigenvalue weighted by Gasteiger charge is 2.36. The van der Waals surface area contributed by atoms with E-state index in [0.29, 0.717) is 87.5 Å². The minimum atomic E-state index is -5.46. The molecule has 0 spiro atoms. The van der Waals surface area contributed by atoms with Crippen LogP contribution in [0.2, 0.25) is 0 Å². The van der Waals surface area contributed by atoms with Crippen LogP contribution in [0.15, 0.2) is 248 Å². The minimum absolute atomic E-state index is 0.0136. The summed E-state index contributed by atoms with van der Waals surface area (Å²) < 4.78 is 576. The molecule has 762 valence electrons. The molecule has 3 aliphatic carbocycles. The van der Waals surface area contributed by atoms with Gasteiger partial charge in [-0.1, -0.05) is 236 Å². The largest absolute Gasteiger partial charge is 0.416 e. The molecule has 0 radical (unpaired) electrons. The zero-order valence-electron chi connectivity index (χ0n) is 125. The van der Waals surface area contributed by atoms with Crippen LogP contribution in [0.4, 0.5) is 52.7 Å². The summed E-state index contributed by atoms with van der Waals surface area (Å²) >= 11 is 1.93. The molecule has 0 aliphatic heterocycles. The molecule has 0 bridgehead atoms. The summed E-state index contributed by atoms with van der Waals surface area (Å²) in [5.74, 6) is -14.1.